The number of benzene rings is 2. The Labute approximate surface area is 124 Å². The van der Waals surface area contributed by atoms with Gasteiger partial charge in [0.2, 0.25) is 0 Å². The van der Waals surface area contributed by atoms with Crippen molar-refractivity contribution in [3.8, 4) is 0 Å². The van der Waals surface area contributed by atoms with Gasteiger partial charge in [-0.3, -0.25) is 14.5 Å². The maximum atomic E-state index is 12.5. The largest absolute Gasteiger partial charge is 0.275 e. The number of hydrogen-bond acceptors (Lipinski definition) is 2. The number of amides is 2. The Hall–Kier alpha value is -2.16. The molecule has 0 spiro atoms. The van der Waals surface area contributed by atoms with Gasteiger partial charge in [-0.1, -0.05) is 39.0 Å². The summed E-state index contributed by atoms with van der Waals surface area (Å²) in [6.07, 6.45) is 0. The summed E-state index contributed by atoms with van der Waals surface area (Å²) in [5.74, 6) is -0.377. The van der Waals surface area contributed by atoms with Crippen LogP contribution in [0.15, 0.2) is 30.3 Å². The molecule has 1 aliphatic rings. The van der Waals surface area contributed by atoms with E-state index in [0.717, 1.165) is 16.3 Å². The van der Waals surface area contributed by atoms with Gasteiger partial charge in [-0.05, 0) is 35.4 Å². The average molecular weight is 281 g/mol. The molecule has 108 valence electrons. The van der Waals surface area contributed by atoms with E-state index in [4.69, 9.17) is 0 Å². The topological polar surface area (TPSA) is 37.4 Å². The summed E-state index contributed by atoms with van der Waals surface area (Å²) in [5, 5.41) is 1.82. The fraction of sp³-hybridized carbons (Fsp3) is 0.333. The minimum atomic E-state index is -0.188. The molecule has 1 heterocycles. The van der Waals surface area contributed by atoms with Crippen molar-refractivity contribution in [2.24, 2.45) is 0 Å². The van der Waals surface area contributed by atoms with E-state index in [0.29, 0.717) is 17.7 Å². The summed E-state index contributed by atoms with van der Waals surface area (Å²) >= 11 is 0. The number of imide groups is 1. The minimum absolute atomic E-state index is 0.0366. The third-order valence-electron chi connectivity index (χ3n) is 4.12. The van der Waals surface area contributed by atoms with Crippen molar-refractivity contribution in [2.75, 3.05) is 6.54 Å². The highest BCUT2D eigenvalue weighted by atomic mass is 16.2. The first-order chi connectivity index (χ1) is 9.86. The first-order valence-electron chi connectivity index (χ1n) is 7.28. The molecule has 0 fully saturated rings. The van der Waals surface area contributed by atoms with Gasteiger partial charge in [-0.2, -0.15) is 0 Å². The molecule has 3 nitrogen and oxygen atoms in total. The lowest BCUT2D eigenvalue weighted by atomic mass is 9.81. The van der Waals surface area contributed by atoms with Crippen molar-refractivity contribution in [1.29, 1.82) is 0 Å². The highest BCUT2D eigenvalue weighted by Crippen LogP contribution is 2.36. The van der Waals surface area contributed by atoms with E-state index in [-0.39, 0.29) is 17.2 Å². The monoisotopic (exact) mass is 281 g/mol. The Kier molecular flexibility index (Phi) is 2.90. The summed E-state index contributed by atoms with van der Waals surface area (Å²) in [6.45, 7) is 8.64. The molecule has 0 aliphatic carbocycles. The maximum absolute atomic E-state index is 12.5. The van der Waals surface area contributed by atoms with E-state index in [2.05, 4.69) is 20.8 Å². The highest BCUT2D eigenvalue weighted by molar-refractivity contribution is 6.25. The SMILES string of the molecule is CCN1C(=O)c2cccc3c(C(C)(C)C)ccc(c23)C1=O. The molecule has 2 aromatic rings. The molecule has 0 bridgehead atoms. The molecule has 3 rings (SSSR count). The van der Waals surface area contributed by atoms with Crippen molar-refractivity contribution in [3.63, 3.8) is 0 Å². The summed E-state index contributed by atoms with van der Waals surface area (Å²) in [5.41, 5.74) is 2.39. The first kappa shape index (κ1) is 13.8. The van der Waals surface area contributed by atoms with Crippen molar-refractivity contribution in [1.82, 2.24) is 4.90 Å². The van der Waals surface area contributed by atoms with E-state index in [1.165, 1.54) is 4.90 Å². The van der Waals surface area contributed by atoms with Crippen LogP contribution in [-0.4, -0.2) is 23.3 Å². The number of carbonyl (C=O) groups is 2. The van der Waals surface area contributed by atoms with Gasteiger partial charge in [-0.25, -0.2) is 0 Å². The van der Waals surface area contributed by atoms with Gasteiger partial charge in [0, 0.05) is 23.1 Å². The van der Waals surface area contributed by atoms with E-state index in [1.54, 1.807) is 0 Å². The molecule has 0 saturated heterocycles. The first-order valence-corrected chi connectivity index (χ1v) is 7.28. The van der Waals surface area contributed by atoms with Gasteiger partial charge >= 0.3 is 0 Å². The van der Waals surface area contributed by atoms with Crippen LogP contribution >= 0.6 is 0 Å². The molecular weight excluding hydrogens is 262 g/mol. The number of nitrogens with zero attached hydrogens (tertiary/aromatic N) is 1. The lowest BCUT2D eigenvalue weighted by molar-refractivity contribution is 0.0619. The van der Waals surface area contributed by atoms with Crippen molar-refractivity contribution < 1.29 is 9.59 Å². The summed E-state index contributed by atoms with van der Waals surface area (Å²) in [7, 11) is 0. The Balaban J connectivity index is 2.42. The fourth-order valence-corrected chi connectivity index (χ4v) is 3.09. The molecule has 21 heavy (non-hydrogen) atoms. The van der Waals surface area contributed by atoms with Crippen LogP contribution in [0.5, 0.6) is 0 Å². The lowest BCUT2D eigenvalue weighted by Crippen LogP contribution is -2.40. The van der Waals surface area contributed by atoms with Crippen molar-refractivity contribution in [3.05, 3.63) is 47.0 Å². The van der Waals surface area contributed by atoms with Gasteiger partial charge in [0.25, 0.3) is 11.8 Å². The summed E-state index contributed by atoms with van der Waals surface area (Å²) in [6, 6.07) is 9.60. The van der Waals surface area contributed by atoms with E-state index in [1.807, 2.05) is 37.3 Å². The van der Waals surface area contributed by atoms with Crippen LogP contribution in [0.3, 0.4) is 0 Å². The second-order valence-electron chi connectivity index (χ2n) is 6.49. The molecule has 0 atom stereocenters. The van der Waals surface area contributed by atoms with Crippen LogP contribution in [0, 0.1) is 0 Å². The lowest BCUT2D eigenvalue weighted by Gasteiger charge is -2.29. The summed E-state index contributed by atoms with van der Waals surface area (Å²) in [4.78, 5) is 26.3. The maximum Gasteiger partial charge on any atom is 0.261 e. The van der Waals surface area contributed by atoms with Gasteiger partial charge in [0.05, 0.1) is 0 Å². The zero-order chi connectivity index (χ0) is 15.4. The Bertz CT molecular complexity index is 746. The third-order valence-corrected chi connectivity index (χ3v) is 4.12. The Morgan fingerprint density at radius 3 is 2.14 bits per heavy atom. The van der Waals surface area contributed by atoms with Crippen molar-refractivity contribution in [2.45, 2.75) is 33.1 Å². The van der Waals surface area contributed by atoms with Gasteiger partial charge in [-0.15, -0.1) is 0 Å². The average Bonchev–Trinajstić information content (AvgIpc) is 2.43. The van der Waals surface area contributed by atoms with Crippen LogP contribution in [0.2, 0.25) is 0 Å². The van der Waals surface area contributed by atoms with Crippen molar-refractivity contribution >= 4 is 22.6 Å². The van der Waals surface area contributed by atoms with Gasteiger partial charge in [0.1, 0.15) is 0 Å². The Morgan fingerprint density at radius 1 is 0.952 bits per heavy atom. The van der Waals surface area contributed by atoms with Crippen LogP contribution < -0.4 is 0 Å². The smallest absolute Gasteiger partial charge is 0.261 e. The molecule has 2 amide bonds. The van der Waals surface area contributed by atoms with Crippen LogP contribution in [-0.2, 0) is 5.41 Å². The molecule has 0 radical (unpaired) electrons. The molecule has 0 aromatic heterocycles. The second kappa shape index (κ2) is 4.42. The standard InChI is InChI=1S/C18H19NO2/c1-5-19-16(20)12-8-6-7-11-14(18(2,3)4)10-9-13(15(11)12)17(19)21/h6-10H,5H2,1-4H3. The quantitative estimate of drug-likeness (QED) is 0.746. The normalized spacial score (nSPS) is 15.0. The zero-order valence-corrected chi connectivity index (χ0v) is 12.9. The third kappa shape index (κ3) is 1.88. The van der Waals surface area contributed by atoms with Gasteiger partial charge < -0.3 is 0 Å². The summed E-state index contributed by atoms with van der Waals surface area (Å²) < 4.78 is 0. The molecular formula is C18H19NO2. The van der Waals surface area contributed by atoms with E-state index in [9.17, 15) is 9.59 Å². The van der Waals surface area contributed by atoms with Crippen LogP contribution in [0.25, 0.3) is 10.8 Å². The van der Waals surface area contributed by atoms with Gasteiger partial charge in [0.15, 0.2) is 0 Å². The molecule has 1 aliphatic heterocycles. The van der Waals surface area contributed by atoms with Crippen LogP contribution in [0.4, 0.5) is 0 Å². The highest BCUT2D eigenvalue weighted by Gasteiger charge is 2.33. The number of carbonyl (C=O) groups excluding carboxylic acids is 2. The molecule has 3 heteroatoms. The van der Waals surface area contributed by atoms with Crippen LogP contribution in [0.1, 0.15) is 54.0 Å². The molecule has 0 saturated carbocycles. The van der Waals surface area contributed by atoms with E-state index >= 15 is 0 Å². The predicted molar refractivity (Wildman–Crippen MR) is 83.7 cm³/mol. The fourth-order valence-electron chi connectivity index (χ4n) is 3.09. The number of rotatable bonds is 1. The second-order valence-corrected chi connectivity index (χ2v) is 6.49. The predicted octanol–water partition coefficient (Wildman–Crippen LogP) is 3.75. The molecule has 0 unspecified atom stereocenters. The molecule has 2 aromatic carbocycles. The Morgan fingerprint density at radius 2 is 1.57 bits per heavy atom. The minimum Gasteiger partial charge on any atom is -0.275 e. The van der Waals surface area contributed by atoms with E-state index < -0.39 is 0 Å². The zero-order valence-electron chi connectivity index (χ0n) is 12.9. The molecule has 0 N–H and O–H groups in total. The number of hydrogen-bond donors (Lipinski definition) is 0.